The molecule has 0 bridgehead atoms. The summed E-state index contributed by atoms with van der Waals surface area (Å²) in [5.41, 5.74) is 0.410. The normalized spacial score (nSPS) is 9.00. The van der Waals surface area contributed by atoms with Crippen LogP contribution in [0.25, 0.3) is 0 Å². The highest BCUT2D eigenvalue weighted by Gasteiger charge is 2.09. The summed E-state index contributed by atoms with van der Waals surface area (Å²) in [6.07, 6.45) is 5.00. The van der Waals surface area contributed by atoms with Crippen molar-refractivity contribution in [3.05, 3.63) is 28.2 Å². The first kappa shape index (κ1) is 9.82. The van der Waals surface area contributed by atoms with Gasteiger partial charge in [0.2, 0.25) is 5.78 Å². The number of rotatable bonds is 2. The SMILES string of the molecule is C#CC(=O)c1ccc(Br)cc1OC. The molecule has 0 saturated heterocycles. The topological polar surface area (TPSA) is 26.3 Å². The molecule has 1 rings (SSSR count). The Morgan fingerprint density at radius 2 is 2.31 bits per heavy atom. The minimum Gasteiger partial charge on any atom is -0.496 e. The van der Waals surface area contributed by atoms with Crippen molar-refractivity contribution in [3.63, 3.8) is 0 Å². The number of benzene rings is 1. The Bertz CT molecular complexity index is 377. The largest absolute Gasteiger partial charge is 0.496 e. The van der Waals surface area contributed by atoms with Crippen LogP contribution in [-0.4, -0.2) is 12.9 Å². The summed E-state index contributed by atoms with van der Waals surface area (Å²) in [4.78, 5) is 11.2. The minimum atomic E-state index is -0.371. The van der Waals surface area contributed by atoms with Crippen molar-refractivity contribution < 1.29 is 9.53 Å². The van der Waals surface area contributed by atoms with Gasteiger partial charge in [-0.05, 0) is 24.1 Å². The average molecular weight is 239 g/mol. The van der Waals surface area contributed by atoms with Crippen LogP contribution in [0.1, 0.15) is 10.4 Å². The molecule has 0 amide bonds. The van der Waals surface area contributed by atoms with Crippen molar-refractivity contribution in [2.24, 2.45) is 0 Å². The molecule has 0 saturated carbocycles. The molecule has 2 nitrogen and oxygen atoms in total. The van der Waals surface area contributed by atoms with Gasteiger partial charge in [0.25, 0.3) is 0 Å². The lowest BCUT2D eigenvalue weighted by molar-refractivity contribution is 0.105. The Morgan fingerprint density at radius 1 is 1.62 bits per heavy atom. The van der Waals surface area contributed by atoms with E-state index >= 15 is 0 Å². The number of halogens is 1. The van der Waals surface area contributed by atoms with E-state index in [9.17, 15) is 4.79 Å². The lowest BCUT2D eigenvalue weighted by atomic mass is 10.1. The predicted molar refractivity (Wildman–Crippen MR) is 53.9 cm³/mol. The molecule has 1 aromatic rings. The maximum atomic E-state index is 11.2. The summed E-state index contributed by atoms with van der Waals surface area (Å²) in [6, 6.07) is 5.07. The zero-order valence-corrected chi connectivity index (χ0v) is 8.59. The van der Waals surface area contributed by atoms with E-state index in [2.05, 4.69) is 15.9 Å². The zero-order chi connectivity index (χ0) is 9.84. The molecule has 1 aromatic carbocycles. The predicted octanol–water partition coefficient (Wildman–Crippen LogP) is 2.27. The highest BCUT2D eigenvalue weighted by Crippen LogP contribution is 2.23. The summed E-state index contributed by atoms with van der Waals surface area (Å²) in [7, 11) is 1.50. The van der Waals surface area contributed by atoms with Crippen molar-refractivity contribution >= 4 is 21.7 Å². The lowest BCUT2D eigenvalue weighted by Crippen LogP contribution is -1.98. The lowest BCUT2D eigenvalue weighted by Gasteiger charge is -2.04. The van der Waals surface area contributed by atoms with E-state index in [-0.39, 0.29) is 5.78 Å². The van der Waals surface area contributed by atoms with E-state index < -0.39 is 0 Å². The molecule has 0 unspecified atom stereocenters. The van der Waals surface area contributed by atoms with Crippen molar-refractivity contribution in [3.8, 4) is 18.1 Å². The molecule has 0 aliphatic rings. The van der Waals surface area contributed by atoms with Gasteiger partial charge in [0.15, 0.2) is 0 Å². The molecule has 0 aliphatic carbocycles. The molecule has 0 atom stereocenters. The summed E-state index contributed by atoms with van der Waals surface area (Å²) in [6.45, 7) is 0. The van der Waals surface area contributed by atoms with Crippen LogP contribution in [-0.2, 0) is 0 Å². The Morgan fingerprint density at radius 3 is 2.85 bits per heavy atom. The Hall–Kier alpha value is -1.27. The summed E-state index contributed by atoms with van der Waals surface area (Å²) < 4.78 is 5.85. The first-order valence-corrected chi connectivity index (χ1v) is 4.33. The van der Waals surface area contributed by atoms with E-state index in [1.54, 1.807) is 18.2 Å². The van der Waals surface area contributed by atoms with Gasteiger partial charge in [0.05, 0.1) is 12.7 Å². The van der Waals surface area contributed by atoms with E-state index in [0.717, 1.165) is 4.47 Å². The van der Waals surface area contributed by atoms with Crippen LogP contribution in [0.3, 0.4) is 0 Å². The molecule has 66 valence electrons. The van der Waals surface area contributed by atoms with Gasteiger partial charge in [-0.3, -0.25) is 4.79 Å². The number of methoxy groups -OCH3 is 1. The molecule has 0 aliphatic heterocycles. The van der Waals surface area contributed by atoms with Gasteiger partial charge in [0, 0.05) is 4.47 Å². The van der Waals surface area contributed by atoms with Gasteiger partial charge in [-0.25, -0.2) is 0 Å². The van der Waals surface area contributed by atoms with Gasteiger partial charge in [-0.15, -0.1) is 6.42 Å². The van der Waals surface area contributed by atoms with E-state index in [0.29, 0.717) is 11.3 Å². The first-order chi connectivity index (χ1) is 6.19. The molecule has 0 heterocycles. The fourth-order valence-electron chi connectivity index (χ4n) is 0.930. The molecule has 0 N–H and O–H groups in total. The molecule has 13 heavy (non-hydrogen) atoms. The number of carbonyl (C=O) groups excluding carboxylic acids is 1. The Kier molecular flexibility index (Phi) is 3.10. The second-order valence-corrected chi connectivity index (χ2v) is 3.23. The minimum absolute atomic E-state index is 0.371. The number of terminal acetylenes is 1. The quantitative estimate of drug-likeness (QED) is 0.449. The maximum absolute atomic E-state index is 11.2. The molecular formula is C10H7BrO2. The van der Waals surface area contributed by atoms with Crippen LogP contribution >= 0.6 is 15.9 Å². The van der Waals surface area contributed by atoms with Crippen molar-refractivity contribution in [1.29, 1.82) is 0 Å². The highest BCUT2D eigenvalue weighted by atomic mass is 79.9. The van der Waals surface area contributed by atoms with E-state index in [1.165, 1.54) is 7.11 Å². The highest BCUT2D eigenvalue weighted by molar-refractivity contribution is 9.10. The number of Topliss-reactive ketones (excluding diaryl/α,β-unsaturated/α-hetero) is 1. The van der Waals surface area contributed by atoms with Gasteiger partial charge in [0.1, 0.15) is 5.75 Å². The fourth-order valence-corrected chi connectivity index (χ4v) is 1.27. The van der Waals surface area contributed by atoms with Gasteiger partial charge in [-0.2, -0.15) is 0 Å². The zero-order valence-electron chi connectivity index (χ0n) is 7.00. The first-order valence-electron chi connectivity index (χ1n) is 3.53. The van der Waals surface area contributed by atoms with Crippen LogP contribution in [0.15, 0.2) is 22.7 Å². The molecular weight excluding hydrogens is 232 g/mol. The summed E-state index contributed by atoms with van der Waals surface area (Å²) >= 11 is 3.27. The second-order valence-electron chi connectivity index (χ2n) is 2.32. The molecule has 0 spiro atoms. The molecule has 3 heteroatoms. The van der Waals surface area contributed by atoms with E-state index in [4.69, 9.17) is 11.2 Å². The van der Waals surface area contributed by atoms with Crippen LogP contribution in [0, 0.1) is 12.3 Å². The maximum Gasteiger partial charge on any atom is 0.239 e. The standard InChI is InChI=1S/C10H7BrO2/c1-3-9(12)8-5-4-7(11)6-10(8)13-2/h1,4-6H,2H3. The Labute approximate surface area is 85.0 Å². The summed E-state index contributed by atoms with van der Waals surface area (Å²) in [5, 5.41) is 0. The number of ether oxygens (including phenoxy) is 1. The van der Waals surface area contributed by atoms with Crippen LogP contribution < -0.4 is 4.74 Å². The van der Waals surface area contributed by atoms with Gasteiger partial charge < -0.3 is 4.74 Å². The van der Waals surface area contributed by atoms with Crippen LogP contribution in [0.4, 0.5) is 0 Å². The number of hydrogen-bond acceptors (Lipinski definition) is 2. The fraction of sp³-hybridized carbons (Fsp3) is 0.100. The van der Waals surface area contributed by atoms with E-state index in [1.807, 2.05) is 5.92 Å². The van der Waals surface area contributed by atoms with Gasteiger partial charge in [-0.1, -0.05) is 15.9 Å². The molecule has 0 fully saturated rings. The number of carbonyl (C=O) groups is 1. The monoisotopic (exact) mass is 238 g/mol. The number of ketones is 1. The molecule has 0 radical (unpaired) electrons. The van der Waals surface area contributed by atoms with Gasteiger partial charge >= 0.3 is 0 Å². The summed E-state index contributed by atoms with van der Waals surface area (Å²) in [5.74, 6) is 2.15. The van der Waals surface area contributed by atoms with Crippen LogP contribution in [0.5, 0.6) is 5.75 Å². The van der Waals surface area contributed by atoms with Crippen LogP contribution in [0.2, 0.25) is 0 Å². The third-order valence-electron chi connectivity index (χ3n) is 1.54. The van der Waals surface area contributed by atoms with Crippen molar-refractivity contribution in [2.75, 3.05) is 7.11 Å². The second kappa shape index (κ2) is 4.11. The van der Waals surface area contributed by atoms with Crippen molar-refractivity contribution in [1.82, 2.24) is 0 Å². The smallest absolute Gasteiger partial charge is 0.239 e. The third kappa shape index (κ3) is 2.10. The Balaban J connectivity index is 3.23. The number of hydrogen-bond donors (Lipinski definition) is 0. The average Bonchev–Trinajstić information content (AvgIpc) is 2.16. The third-order valence-corrected chi connectivity index (χ3v) is 2.03. The molecule has 0 aromatic heterocycles. The van der Waals surface area contributed by atoms with Crippen molar-refractivity contribution in [2.45, 2.75) is 0 Å².